The number of rotatable bonds is 6. The Bertz CT molecular complexity index is 496. The molecule has 1 atom stereocenters. The maximum atomic E-state index is 5.50. The molecule has 0 saturated carbocycles. The van der Waals surface area contributed by atoms with Crippen molar-refractivity contribution in [3.63, 3.8) is 0 Å². The third-order valence-electron chi connectivity index (χ3n) is 1.91. The Kier molecular flexibility index (Phi) is 5.98. The Morgan fingerprint density at radius 1 is 1.10 bits per heavy atom. The summed E-state index contributed by atoms with van der Waals surface area (Å²) in [5.41, 5.74) is 0. The van der Waals surface area contributed by atoms with Gasteiger partial charge in [0.05, 0.1) is 23.9 Å². The third-order valence-corrected chi connectivity index (χ3v) is 1.91. The van der Waals surface area contributed by atoms with Crippen LogP contribution < -0.4 is 0 Å². The number of ether oxygens (including phenoxy) is 3. The Balaban J connectivity index is 3.10. The molecule has 1 rings (SSSR count). The van der Waals surface area contributed by atoms with Crippen molar-refractivity contribution >= 4 is 12.0 Å². The first-order valence-corrected chi connectivity index (χ1v) is 6.41. The second-order valence-electron chi connectivity index (χ2n) is 4.30. The lowest BCUT2D eigenvalue weighted by Crippen LogP contribution is -2.45. The van der Waals surface area contributed by atoms with Crippen molar-refractivity contribution in [3.05, 3.63) is 37.0 Å². The Morgan fingerprint density at radius 2 is 1.71 bits per heavy atom. The standard InChI is InChI=1S/C14H21N3O4/c1-8-18-17-13(20-10(4)5)15-12(19-9(2)3)16-14(17)21-11(6)7/h13H,2,4,6,8H2,1,3,5,7H3. The highest BCUT2D eigenvalue weighted by Gasteiger charge is 2.32. The van der Waals surface area contributed by atoms with Gasteiger partial charge in [0.1, 0.15) is 0 Å². The van der Waals surface area contributed by atoms with Gasteiger partial charge in [-0.3, -0.25) is 4.84 Å². The zero-order chi connectivity index (χ0) is 16.0. The fourth-order valence-corrected chi connectivity index (χ4v) is 1.34. The fourth-order valence-electron chi connectivity index (χ4n) is 1.34. The lowest BCUT2D eigenvalue weighted by molar-refractivity contribution is -0.199. The Labute approximate surface area is 124 Å². The van der Waals surface area contributed by atoms with Gasteiger partial charge in [0.2, 0.25) is 0 Å². The molecule has 0 aromatic rings. The minimum absolute atomic E-state index is 0.0564. The summed E-state index contributed by atoms with van der Waals surface area (Å²) in [7, 11) is 0. The molecule has 21 heavy (non-hydrogen) atoms. The van der Waals surface area contributed by atoms with E-state index in [1.165, 1.54) is 5.06 Å². The van der Waals surface area contributed by atoms with E-state index < -0.39 is 6.35 Å². The predicted octanol–water partition coefficient (Wildman–Crippen LogP) is 2.90. The van der Waals surface area contributed by atoms with E-state index >= 15 is 0 Å². The van der Waals surface area contributed by atoms with Gasteiger partial charge < -0.3 is 14.2 Å². The van der Waals surface area contributed by atoms with Crippen LogP contribution in [0.1, 0.15) is 27.7 Å². The van der Waals surface area contributed by atoms with Crippen LogP contribution in [0, 0.1) is 0 Å². The van der Waals surface area contributed by atoms with Gasteiger partial charge in [0, 0.05) is 0 Å². The van der Waals surface area contributed by atoms with E-state index in [0.717, 1.165) is 0 Å². The number of aliphatic imine (C=N–C) groups is 2. The van der Waals surface area contributed by atoms with Gasteiger partial charge in [-0.05, 0) is 27.7 Å². The molecule has 0 aromatic heterocycles. The molecular weight excluding hydrogens is 274 g/mol. The third kappa shape index (κ3) is 5.31. The summed E-state index contributed by atoms with van der Waals surface area (Å²) < 4.78 is 16.2. The van der Waals surface area contributed by atoms with Crippen molar-refractivity contribution in [2.24, 2.45) is 9.98 Å². The van der Waals surface area contributed by atoms with Gasteiger partial charge in [0.25, 0.3) is 0 Å². The van der Waals surface area contributed by atoms with Crippen LogP contribution in [0.15, 0.2) is 47.0 Å². The smallest absolute Gasteiger partial charge is 0.331 e. The molecule has 0 aromatic carbocycles. The zero-order valence-corrected chi connectivity index (χ0v) is 12.9. The molecular formula is C14H21N3O4. The highest BCUT2D eigenvalue weighted by Crippen LogP contribution is 2.18. The topological polar surface area (TPSA) is 64.9 Å². The average molecular weight is 295 g/mol. The predicted molar refractivity (Wildman–Crippen MR) is 79.8 cm³/mol. The number of hydroxylamine groups is 2. The Hall–Kier alpha value is -2.28. The number of allylic oxidation sites excluding steroid dienone is 3. The minimum Gasteiger partial charge on any atom is -0.454 e. The van der Waals surface area contributed by atoms with Crippen LogP contribution >= 0.6 is 0 Å². The van der Waals surface area contributed by atoms with Crippen molar-refractivity contribution in [3.8, 4) is 0 Å². The monoisotopic (exact) mass is 295 g/mol. The first-order valence-electron chi connectivity index (χ1n) is 6.41. The lowest BCUT2D eigenvalue weighted by atomic mass is 10.6. The molecule has 0 aliphatic carbocycles. The lowest BCUT2D eigenvalue weighted by Gasteiger charge is -2.31. The molecule has 0 spiro atoms. The van der Waals surface area contributed by atoms with Crippen molar-refractivity contribution < 1.29 is 19.0 Å². The molecule has 0 amide bonds. The summed E-state index contributed by atoms with van der Waals surface area (Å²) >= 11 is 0. The summed E-state index contributed by atoms with van der Waals surface area (Å²) in [6.45, 7) is 18.3. The van der Waals surface area contributed by atoms with Crippen LogP contribution in [0.4, 0.5) is 0 Å². The number of hydrogen-bond acceptors (Lipinski definition) is 7. The van der Waals surface area contributed by atoms with Crippen LogP contribution in [0.5, 0.6) is 0 Å². The van der Waals surface area contributed by atoms with E-state index in [-0.39, 0.29) is 12.0 Å². The van der Waals surface area contributed by atoms with Gasteiger partial charge in [-0.1, -0.05) is 19.7 Å². The quantitative estimate of drug-likeness (QED) is 0.705. The van der Waals surface area contributed by atoms with E-state index in [0.29, 0.717) is 23.9 Å². The molecule has 0 N–H and O–H groups in total. The number of amidine groups is 2. The molecule has 116 valence electrons. The van der Waals surface area contributed by atoms with Crippen LogP contribution in [0.2, 0.25) is 0 Å². The second-order valence-corrected chi connectivity index (χ2v) is 4.30. The molecule has 0 radical (unpaired) electrons. The fraction of sp³-hybridized carbons (Fsp3) is 0.429. The van der Waals surface area contributed by atoms with Crippen LogP contribution in [0.3, 0.4) is 0 Å². The van der Waals surface area contributed by atoms with E-state index in [4.69, 9.17) is 19.0 Å². The van der Waals surface area contributed by atoms with Gasteiger partial charge in [-0.15, -0.1) is 10.1 Å². The zero-order valence-electron chi connectivity index (χ0n) is 12.9. The largest absolute Gasteiger partial charge is 0.454 e. The van der Waals surface area contributed by atoms with E-state index in [2.05, 4.69) is 29.7 Å². The van der Waals surface area contributed by atoms with Gasteiger partial charge in [-0.25, -0.2) is 0 Å². The van der Waals surface area contributed by atoms with Crippen molar-refractivity contribution in [2.75, 3.05) is 6.61 Å². The molecule has 1 aliphatic rings. The summed E-state index contributed by atoms with van der Waals surface area (Å²) in [6, 6.07) is 0.169. The van der Waals surface area contributed by atoms with Gasteiger partial charge in [0.15, 0.2) is 0 Å². The van der Waals surface area contributed by atoms with Crippen LogP contribution in [0.25, 0.3) is 0 Å². The first-order chi connectivity index (χ1) is 9.83. The number of hydrogen-bond donors (Lipinski definition) is 0. The van der Waals surface area contributed by atoms with Crippen molar-refractivity contribution in [1.82, 2.24) is 5.06 Å². The summed E-state index contributed by atoms with van der Waals surface area (Å²) in [5.74, 6) is 1.33. The maximum Gasteiger partial charge on any atom is 0.331 e. The molecule has 7 nitrogen and oxygen atoms in total. The highest BCUT2D eigenvalue weighted by atomic mass is 16.7. The van der Waals surface area contributed by atoms with E-state index in [9.17, 15) is 0 Å². The van der Waals surface area contributed by atoms with Crippen LogP contribution in [-0.4, -0.2) is 30.1 Å². The SMILES string of the molecule is C=C(C)OC1=NC(OC(=C)C)N(OCC)C(OC(=C)C)=N1. The highest BCUT2D eigenvalue weighted by molar-refractivity contribution is 5.91. The minimum atomic E-state index is -0.858. The molecule has 1 aliphatic heterocycles. The normalized spacial score (nSPS) is 17.5. The van der Waals surface area contributed by atoms with Crippen molar-refractivity contribution in [1.29, 1.82) is 0 Å². The van der Waals surface area contributed by atoms with Crippen molar-refractivity contribution in [2.45, 2.75) is 34.0 Å². The number of nitrogens with zero attached hydrogens (tertiary/aromatic N) is 3. The molecule has 0 fully saturated rings. The molecule has 0 saturated heterocycles. The summed E-state index contributed by atoms with van der Waals surface area (Å²) in [5, 5.41) is 1.29. The molecule has 7 heteroatoms. The summed E-state index contributed by atoms with van der Waals surface area (Å²) in [4.78, 5) is 13.7. The molecule has 0 bridgehead atoms. The van der Waals surface area contributed by atoms with Gasteiger partial charge in [-0.2, -0.15) is 4.99 Å². The average Bonchev–Trinajstić information content (AvgIpc) is 2.31. The summed E-state index contributed by atoms with van der Waals surface area (Å²) in [6.07, 6.45) is -0.858. The first kappa shape index (κ1) is 16.8. The van der Waals surface area contributed by atoms with Crippen LogP contribution in [-0.2, 0) is 19.0 Å². The second kappa shape index (κ2) is 7.49. The molecule has 1 unspecified atom stereocenters. The van der Waals surface area contributed by atoms with E-state index in [1.807, 2.05) is 6.92 Å². The Morgan fingerprint density at radius 3 is 2.19 bits per heavy atom. The molecule has 1 heterocycles. The van der Waals surface area contributed by atoms with Gasteiger partial charge >= 0.3 is 18.4 Å². The van der Waals surface area contributed by atoms with E-state index in [1.54, 1.807) is 20.8 Å². The maximum absolute atomic E-state index is 5.50.